The fourth-order valence-corrected chi connectivity index (χ4v) is 6.44. The van der Waals surface area contributed by atoms with Crippen LogP contribution in [-0.4, -0.2) is 46.8 Å². The summed E-state index contributed by atoms with van der Waals surface area (Å²) in [5.74, 6) is -2.99. The fraction of sp³-hybridized carbons (Fsp3) is 0.0667. The van der Waals surface area contributed by atoms with Gasteiger partial charge in [0.1, 0.15) is 0 Å². The highest BCUT2D eigenvalue weighted by Crippen LogP contribution is 2.50. The Morgan fingerprint density at radius 1 is 0.452 bits per heavy atom. The molecule has 5 aromatic rings. The Kier molecular flexibility index (Phi) is 4.71. The molecule has 0 fully saturated rings. The van der Waals surface area contributed by atoms with E-state index in [-0.39, 0.29) is 87.6 Å². The summed E-state index contributed by atoms with van der Waals surface area (Å²) in [5, 5.41) is 42.4. The van der Waals surface area contributed by atoms with Gasteiger partial charge >= 0.3 is 0 Å². The molecule has 42 heavy (non-hydrogen) atoms. The van der Waals surface area contributed by atoms with Crippen molar-refractivity contribution in [3.05, 3.63) is 68.8 Å². The lowest BCUT2D eigenvalue weighted by Crippen LogP contribution is -2.44. The first-order valence-electron chi connectivity index (χ1n) is 12.4. The number of rotatable bonds is 2. The molecule has 0 bridgehead atoms. The highest BCUT2D eigenvalue weighted by Gasteiger charge is 2.39. The van der Waals surface area contributed by atoms with Crippen molar-refractivity contribution in [1.82, 2.24) is 9.80 Å². The second kappa shape index (κ2) is 8.04. The van der Waals surface area contributed by atoms with Crippen LogP contribution in [0.1, 0.15) is 63.7 Å². The lowest BCUT2D eigenvalue weighted by molar-refractivity contribution is 0.0599. The molecule has 2 aliphatic heterocycles. The van der Waals surface area contributed by atoms with Crippen LogP contribution in [0.25, 0.3) is 43.1 Å². The summed E-state index contributed by atoms with van der Waals surface area (Å²) in [5.41, 5.74) is 11.1. The van der Waals surface area contributed by atoms with E-state index in [1.807, 2.05) is 0 Å². The molecule has 0 aromatic heterocycles. The molecule has 2 heterocycles. The first-order valence-corrected chi connectivity index (χ1v) is 12.4. The van der Waals surface area contributed by atoms with Crippen LogP contribution in [0.2, 0.25) is 0 Å². The molecule has 4 amide bonds. The van der Waals surface area contributed by atoms with Gasteiger partial charge in [0.05, 0.1) is 82.1 Å². The predicted octanol–water partition coefficient (Wildman–Crippen LogP) is 2.25. The van der Waals surface area contributed by atoms with E-state index in [0.29, 0.717) is 0 Å². The number of carbonyl (C=O) groups excluding carboxylic acids is 4. The summed E-state index contributed by atoms with van der Waals surface area (Å²) in [6.45, 7) is -0.892. The number of fused-ring (bicyclic) bond motifs is 2. The van der Waals surface area contributed by atoms with Gasteiger partial charge in [0.15, 0.2) is 0 Å². The SMILES string of the molecule is N#Cc1cc2c3c(cc(C#N)c4c5c(C#N)cc6c7c(cc(C#N)c(c1c34)c75)C(=O)N(CN)C6=O)C(=O)N(CN)C2=O. The van der Waals surface area contributed by atoms with Crippen molar-refractivity contribution in [1.29, 1.82) is 21.0 Å². The zero-order valence-electron chi connectivity index (χ0n) is 21.2. The number of amides is 4. The second-order valence-electron chi connectivity index (χ2n) is 9.78. The molecule has 5 aromatic carbocycles. The number of nitriles is 4. The summed E-state index contributed by atoms with van der Waals surface area (Å²) >= 11 is 0. The van der Waals surface area contributed by atoms with Gasteiger partial charge in [-0.2, -0.15) is 21.0 Å². The normalized spacial score (nSPS) is 14.1. The third-order valence-corrected chi connectivity index (χ3v) is 8.06. The van der Waals surface area contributed by atoms with Crippen molar-refractivity contribution in [2.24, 2.45) is 11.5 Å². The number of carbonyl (C=O) groups is 4. The quantitative estimate of drug-likeness (QED) is 0.186. The Morgan fingerprint density at radius 3 is 0.881 bits per heavy atom. The molecule has 12 nitrogen and oxygen atoms in total. The van der Waals surface area contributed by atoms with E-state index in [1.54, 1.807) is 0 Å². The Labute approximate surface area is 234 Å². The van der Waals surface area contributed by atoms with Gasteiger partial charge in [0, 0.05) is 43.1 Å². The molecule has 0 radical (unpaired) electrons. The maximum absolute atomic E-state index is 13.4. The summed E-state index contributed by atoms with van der Waals surface area (Å²) < 4.78 is 0. The monoisotopic (exact) mass is 548 g/mol. The van der Waals surface area contributed by atoms with E-state index in [9.17, 15) is 40.2 Å². The minimum Gasteiger partial charge on any atom is -0.313 e. The lowest BCUT2D eigenvalue weighted by atomic mass is 9.77. The van der Waals surface area contributed by atoms with Gasteiger partial charge in [-0.05, 0) is 24.3 Å². The van der Waals surface area contributed by atoms with Crippen molar-refractivity contribution in [3.8, 4) is 24.3 Å². The first kappa shape index (κ1) is 24.6. The van der Waals surface area contributed by atoms with Gasteiger partial charge in [-0.3, -0.25) is 29.0 Å². The van der Waals surface area contributed by atoms with Crippen LogP contribution in [0.3, 0.4) is 0 Å². The average molecular weight is 548 g/mol. The van der Waals surface area contributed by atoms with E-state index >= 15 is 0 Å². The number of hydrogen-bond acceptors (Lipinski definition) is 10. The van der Waals surface area contributed by atoms with E-state index < -0.39 is 37.0 Å². The van der Waals surface area contributed by atoms with Crippen LogP contribution in [0, 0.1) is 45.3 Å². The van der Waals surface area contributed by atoms with Gasteiger partial charge in [0.25, 0.3) is 23.6 Å². The standard InChI is InChI=1S/C30H12N8O4/c31-5-11-1-15-23-16(28(40)37(9-35)27(15)39)2-13(7-33)21-22-14(8-34)4-18-24-17(29(41)38(10-36)30(18)42)3-12(6-32)20(26(22)24)19(11)25(21)23/h1-4H,9-10,35-36H2. The minimum absolute atomic E-state index is 0.00824. The fourth-order valence-electron chi connectivity index (χ4n) is 6.44. The predicted molar refractivity (Wildman–Crippen MR) is 146 cm³/mol. The van der Waals surface area contributed by atoms with Crippen LogP contribution in [-0.2, 0) is 0 Å². The number of nitrogens with two attached hydrogens (primary N) is 2. The Bertz CT molecular complexity index is 2090. The topological polar surface area (TPSA) is 222 Å². The van der Waals surface area contributed by atoms with Crippen molar-refractivity contribution in [2.45, 2.75) is 0 Å². The number of benzene rings is 5. The molecule has 0 atom stereocenters. The Balaban J connectivity index is 1.92. The number of nitrogens with zero attached hydrogens (tertiary/aromatic N) is 6. The molecule has 0 saturated carbocycles. The van der Waals surface area contributed by atoms with Gasteiger partial charge in [0.2, 0.25) is 0 Å². The van der Waals surface area contributed by atoms with Gasteiger partial charge in [-0.1, -0.05) is 0 Å². The van der Waals surface area contributed by atoms with E-state index in [2.05, 4.69) is 24.3 Å². The number of imide groups is 2. The summed E-state index contributed by atoms with van der Waals surface area (Å²) in [6.07, 6.45) is 0. The van der Waals surface area contributed by atoms with Crippen molar-refractivity contribution in [2.75, 3.05) is 13.3 Å². The minimum atomic E-state index is -0.746. The summed E-state index contributed by atoms with van der Waals surface area (Å²) in [7, 11) is 0. The van der Waals surface area contributed by atoms with Crippen LogP contribution in [0.15, 0.2) is 24.3 Å². The molecule has 12 heteroatoms. The molecule has 7 rings (SSSR count). The van der Waals surface area contributed by atoms with Crippen molar-refractivity contribution >= 4 is 66.7 Å². The van der Waals surface area contributed by atoms with Crippen LogP contribution in [0.4, 0.5) is 0 Å². The summed E-state index contributed by atoms with van der Waals surface area (Å²) in [6, 6.07) is 13.4. The largest absolute Gasteiger partial charge is 0.313 e. The maximum Gasteiger partial charge on any atom is 0.262 e. The molecule has 0 spiro atoms. The van der Waals surface area contributed by atoms with Crippen molar-refractivity contribution in [3.63, 3.8) is 0 Å². The highest BCUT2D eigenvalue weighted by atomic mass is 16.2. The Hall–Kier alpha value is -6.44. The van der Waals surface area contributed by atoms with Crippen LogP contribution in [0.5, 0.6) is 0 Å². The van der Waals surface area contributed by atoms with Gasteiger partial charge in [-0.15, -0.1) is 0 Å². The first-order chi connectivity index (χ1) is 20.3. The van der Waals surface area contributed by atoms with Crippen LogP contribution < -0.4 is 11.5 Å². The summed E-state index contributed by atoms with van der Waals surface area (Å²) in [4.78, 5) is 55.2. The number of hydrogen-bond donors (Lipinski definition) is 2. The van der Waals surface area contributed by atoms with E-state index in [0.717, 1.165) is 9.80 Å². The van der Waals surface area contributed by atoms with E-state index in [1.165, 1.54) is 24.3 Å². The van der Waals surface area contributed by atoms with Gasteiger partial charge in [-0.25, -0.2) is 0 Å². The molecule has 0 saturated heterocycles. The molecule has 0 aliphatic carbocycles. The zero-order valence-corrected chi connectivity index (χ0v) is 21.2. The van der Waals surface area contributed by atoms with Crippen LogP contribution >= 0.6 is 0 Å². The molecule has 0 unspecified atom stereocenters. The smallest absolute Gasteiger partial charge is 0.262 e. The molecule has 2 aliphatic rings. The molecule has 4 N–H and O–H groups in total. The third-order valence-electron chi connectivity index (χ3n) is 8.06. The lowest BCUT2D eigenvalue weighted by Gasteiger charge is -2.30. The second-order valence-corrected chi connectivity index (χ2v) is 9.78. The van der Waals surface area contributed by atoms with Crippen molar-refractivity contribution < 1.29 is 19.2 Å². The van der Waals surface area contributed by atoms with Gasteiger partial charge < -0.3 is 11.5 Å². The third kappa shape index (κ3) is 2.57. The highest BCUT2D eigenvalue weighted by molar-refractivity contribution is 6.43. The average Bonchev–Trinajstić information content (AvgIpc) is 3.01. The molecular weight excluding hydrogens is 536 g/mol. The molecule has 196 valence electrons. The maximum atomic E-state index is 13.4. The zero-order chi connectivity index (χ0) is 29.8. The molecular formula is C30H12N8O4. The van der Waals surface area contributed by atoms with E-state index in [4.69, 9.17) is 11.5 Å². The Morgan fingerprint density at radius 2 is 0.690 bits per heavy atom.